The molecule has 1 amide bonds. The van der Waals surface area contributed by atoms with Gasteiger partial charge in [-0.1, -0.05) is 24.8 Å². The number of phosphoric acid groups is 3. The number of aromatic nitrogens is 3. The molecular weight excluding hydrogens is 743 g/mol. The van der Waals surface area contributed by atoms with Crippen molar-refractivity contribution >= 4 is 52.1 Å². The second-order valence-electron chi connectivity index (χ2n) is 11.0. The molecule has 4 rings (SSSR count). The second-order valence-corrected chi connectivity index (χ2v) is 15.2. The molecule has 5 unspecified atom stereocenters. The Hall–Kier alpha value is -3.80. The van der Waals surface area contributed by atoms with Gasteiger partial charge in [-0.3, -0.25) is 23.8 Å². The monoisotopic (exact) mass is 774 g/mol. The summed E-state index contributed by atoms with van der Waals surface area (Å²) in [6, 6.07) is 4.52. The summed E-state index contributed by atoms with van der Waals surface area (Å²) in [6.07, 6.45) is -0.566. The summed E-state index contributed by atoms with van der Waals surface area (Å²) >= 11 is 0. The van der Waals surface area contributed by atoms with E-state index in [1.165, 1.54) is 19.3 Å². The maximum Gasteiger partial charge on any atom is 0.408 e. The molecule has 2 aromatic heterocycles. The van der Waals surface area contributed by atoms with Gasteiger partial charge in [-0.2, -0.15) is 0 Å². The van der Waals surface area contributed by atoms with Crippen LogP contribution in [0.2, 0.25) is 0 Å². The molecule has 51 heavy (non-hydrogen) atoms. The van der Waals surface area contributed by atoms with Crippen LogP contribution in [-0.2, 0) is 42.9 Å². The summed E-state index contributed by atoms with van der Waals surface area (Å²) in [5, 5.41) is 17.3. The fourth-order valence-corrected chi connectivity index (χ4v) is 7.95. The van der Waals surface area contributed by atoms with Crippen LogP contribution in [0.5, 0.6) is 0 Å². The number of anilines is 1. The van der Waals surface area contributed by atoms with Crippen molar-refractivity contribution in [2.24, 2.45) is 5.92 Å². The molecule has 0 bridgehead atoms. The van der Waals surface area contributed by atoms with Crippen LogP contribution in [0.15, 0.2) is 30.7 Å². The molecule has 0 aliphatic carbocycles. The summed E-state index contributed by atoms with van der Waals surface area (Å²) < 4.78 is 58.5. The maximum absolute atomic E-state index is 12.5. The molecule has 0 spiro atoms. The Bertz CT molecular complexity index is 1990. The van der Waals surface area contributed by atoms with Gasteiger partial charge in [-0.05, 0) is 37.9 Å². The van der Waals surface area contributed by atoms with Gasteiger partial charge in [0.25, 0.3) is 29.2 Å². The normalized spacial score (nSPS) is 21.4. The number of carbonyl (C=O) groups is 1. The van der Waals surface area contributed by atoms with Gasteiger partial charge in [-0.25, -0.2) is 23.4 Å². The molecule has 1 aliphatic rings. The molecule has 1 aromatic carbocycles. The van der Waals surface area contributed by atoms with Crippen molar-refractivity contribution in [2.45, 2.75) is 45.2 Å². The quantitative estimate of drug-likeness (QED) is 0.0763. The first-order valence-corrected chi connectivity index (χ1v) is 19.1. The van der Waals surface area contributed by atoms with E-state index in [0.29, 0.717) is 23.1 Å². The van der Waals surface area contributed by atoms with Gasteiger partial charge < -0.3 is 54.5 Å². The number of nitrogens with two attached hydrogens (primary N) is 1. The third-order valence-corrected chi connectivity index (χ3v) is 10.9. The highest BCUT2D eigenvalue weighted by molar-refractivity contribution is 7.65. The zero-order chi connectivity index (χ0) is 37.7. The maximum atomic E-state index is 12.5. The van der Waals surface area contributed by atoms with Crippen LogP contribution in [0.1, 0.15) is 49.3 Å². The predicted molar refractivity (Wildman–Crippen MR) is 168 cm³/mol. The molecule has 278 valence electrons. The molecule has 1 saturated heterocycles. The van der Waals surface area contributed by atoms with Crippen LogP contribution in [-0.4, -0.2) is 56.7 Å². The Labute approximate surface area is 289 Å². The number of nitrogens with one attached hydrogen (secondary N) is 2. The van der Waals surface area contributed by atoms with Crippen LogP contribution in [0.25, 0.3) is 11.0 Å². The van der Waals surface area contributed by atoms with Crippen molar-refractivity contribution in [1.82, 2.24) is 25.2 Å². The van der Waals surface area contributed by atoms with Crippen molar-refractivity contribution in [1.29, 1.82) is 0 Å². The van der Waals surface area contributed by atoms with E-state index >= 15 is 0 Å². The lowest BCUT2D eigenvalue weighted by Gasteiger charge is -2.33. The zero-order valence-corrected chi connectivity index (χ0v) is 29.6. The van der Waals surface area contributed by atoms with E-state index < -0.39 is 59.5 Å². The van der Waals surface area contributed by atoms with E-state index in [-0.39, 0.29) is 36.0 Å². The van der Waals surface area contributed by atoms with Crippen LogP contribution >= 0.6 is 23.5 Å². The van der Waals surface area contributed by atoms with Crippen LogP contribution in [0.4, 0.5) is 16.3 Å². The van der Waals surface area contributed by atoms with Crippen molar-refractivity contribution in [3.63, 3.8) is 0 Å². The number of benzene rings is 1. The Morgan fingerprint density at radius 1 is 1.24 bits per heavy atom. The van der Waals surface area contributed by atoms with E-state index in [1.807, 2.05) is 0 Å². The Morgan fingerprint density at radius 2 is 1.96 bits per heavy atom. The summed E-state index contributed by atoms with van der Waals surface area (Å²) in [5.41, 5.74) is 7.50. The third kappa shape index (κ3) is 10.9. The molecular formula is C26H31N7O15P3-3. The highest BCUT2D eigenvalue weighted by Crippen LogP contribution is 2.61. The average molecular weight is 774 g/mol. The number of rotatable bonds is 14. The Kier molecular flexibility index (Phi) is 12.7. The highest BCUT2D eigenvalue weighted by atomic mass is 31.3. The Morgan fingerprint density at radius 3 is 2.63 bits per heavy atom. The van der Waals surface area contributed by atoms with Gasteiger partial charge in [0.2, 0.25) is 0 Å². The fraction of sp³-hybridized carbons (Fsp3) is 0.423. The first-order valence-electron chi connectivity index (χ1n) is 14.6. The number of alkyl carbamates (subject to hydrolysis) is 1. The number of nitrogen functional groups attached to an aromatic ring is 1. The molecule has 7 atom stereocenters. The number of nitro benzene ring substituents is 1. The number of amides is 1. The lowest BCUT2D eigenvalue weighted by molar-refractivity contribution is -0.386. The van der Waals surface area contributed by atoms with Gasteiger partial charge in [-0.15, -0.1) is 0 Å². The highest BCUT2D eigenvalue weighted by Gasteiger charge is 2.36. The minimum Gasteiger partial charge on any atom is -0.756 e. The topological polar surface area (TPSA) is 328 Å². The largest absolute Gasteiger partial charge is 0.756 e. The molecule has 1 aliphatic heterocycles. The number of hydrogen-bond acceptors (Lipinski definition) is 18. The van der Waals surface area contributed by atoms with Crippen molar-refractivity contribution < 1.29 is 65.6 Å². The number of fused-ring (bicyclic) bond motifs is 1. The van der Waals surface area contributed by atoms with E-state index in [9.17, 15) is 43.3 Å². The van der Waals surface area contributed by atoms with Gasteiger partial charge in [0, 0.05) is 18.8 Å². The first-order chi connectivity index (χ1) is 23.8. The Balaban J connectivity index is 1.42. The van der Waals surface area contributed by atoms with E-state index in [1.54, 1.807) is 36.9 Å². The minimum absolute atomic E-state index is 0.0662. The van der Waals surface area contributed by atoms with Gasteiger partial charge >= 0.3 is 6.09 Å². The number of hydrogen-bond donors (Lipinski definition) is 4. The van der Waals surface area contributed by atoms with Gasteiger partial charge in [0.05, 0.1) is 40.7 Å². The zero-order valence-electron chi connectivity index (χ0n) is 26.9. The molecule has 25 heteroatoms. The smallest absolute Gasteiger partial charge is 0.408 e. The van der Waals surface area contributed by atoms with Gasteiger partial charge in [0.15, 0.2) is 0 Å². The van der Waals surface area contributed by atoms with Crippen LogP contribution in [0, 0.1) is 27.9 Å². The van der Waals surface area contributed by atoms with E-state index in [4.69, 9.17) is 20.1 Å². The lowest BCUT2D eigenvalue weighted by atomic mass is 10.0. The molecule has 0 saturated carbocycles. The fourth-order valence-electron chi connectivity index (χ4n) is 5.05. The molecule has 5 N–H and O–H groups in total. The minimum atomic E-state index is -6.06. The molecule has 1 fully saturated rings. The lowest BCUT2D eigenvalue weighted by Crippen LogP contribution is -2.26. The number of nitrogens with zero attached hydrogens (tertiary/aromatic N) is 4. The summed E-state index contributed by atoms with van der Waals surface area (Å²) in [4.78, 5) is 74.4. The predicted octanol–water partition coefficient (Wildman–Crippen LogP) is 0.851. The third-order valence-electron chi connectivity index (χ3n) is 7.22. The number of phosphoric ester groups is 1. The molecule has 3 aromatic rings. The van der Waals surface area contributed by atoms with E-state index in [0.717, 1.165) is 5.56 Å². The number of carbonyl (C=O) groups excluding carboxylic acids is 1. The average Bonchev–Trinajstić information content (AvgIpc) is 3.57. The second kappa shape index (κ2) is 16.3. The van der Waals surface area contributed by atoms with Crippen molar-refractivity contribution in [3.8, 4) is 11.8 Å². The summed E-state index contributed by atoms with van der Waals surface area (Å²) in [7, 11) is -15.9. The van der Waals surface area contributed by atoms with Gasteiger partial charge in [0.1, 0.15) is 30.1 Å². The van der Waals surface area contributed by atoms with Crippen LogP contribution < -0.4 is 31.0 Å². The van der Waals surface area contributed by atoms with E-state index in [2.05, 4.69) is 45.6 Å². The first kappa shape index (κ1) is 40.0. The van der Waals surface area contributed by atoms with Crippen molar-refractivity contribution in [2.75, 3.05) is 25.9 Å². The SMILES string of the molecule is CNCc1ccc([N+](=O)[O-])c(C(C)OC(=O)NCC#Cc2cn([C@H]3CC(C)[C@@H](COP(=O)([O-])OP(=O)([O-])OP(=O)([O-])O)O3)c3ncnc(N)c23)c1. The molecule has 22 nitrogen and oxygen atoms in total. The number of ether oxygens (including phenoxy) is 2. The van der Waals surface area contributed by atoms with Crippen LogP contribution in [0.3, 0.4) is 0 Å². The molecule has 0 radical (unpaired) electrons. The summed E-state index contributed by atoms with van der Waals surface area (Å²) in [6.45, 7) is 2.68. The standard InChI is InChI=1S/C26H34N7O15P3/c1-15-9-22(46-21(15)13-44-50(40,41)48-51(42,43)47-49(37,38)39)32-12-18(23-24(27)30-14-31-25(23)32)5-4-8-29-26(34)45-16(2)19-10-17(11-28-3)6-7-20(19)33(35)36/h6-7,10,12,14-16,21-22,28H,8-9,11,13H2,1-3H3,(H,29,34)(H,40,41)(H,42,43)(H2,27,30,31)(H2,37,38,39)/p-3/t15?,16?,21-,22-/m1/s1. The summed E-state index contributed by atoms with van der Waals surface area (Å²) in [5.74, 6) is 5.30. The number of nitro groups is 1. The molecule has 3 heterocycles. The van der Waals surface area contributed by atoms with Crippen molar-refractivity contribution in [3.05, 3.63) is 57.5 Å².